The van der Waals surface area contributed by atoms with Crippen LogP contribution < -0.4 is 10.1 Å². The molecule has 2 N–H and O–H groups in total. The average molecular weight is 318 g/mol. The number of aromatic nitrogens is 2. The number of hydrogen-bond acceptors (Lipinski definition) is 4. The summed E-state index contributed by atoms with van der Waals surface area (Å²) < 4.78 is 6.03. The molecule has 1 unspecified atom stereocenters. The van der Waals surface area contributed by atoms with Crippen LogP contribution >= 0.6 is 0 Å². The second-order valence-corrected chi connectivity index (χ2v) is 6.05. The van der Waals surface area contributed by atoms with E-state index in [0.29, 0.717) is 5.56 Å². The SMILES string of the molecule is Cc1nc(-c2c[nH]c3c(C#N)cccc23)ccc1OC1CCNC1. The van der Waals surface area contributed by atoms with Gasteiger partial charge >= 0.3 is 0 Å². The first-order valence-corrected chi connectivity index (χ1v) is 8.12. The van der Waals surface area contributed by atoms with E-state index >= 15 is 0 Å². The van der Waals surface area contributed by atoms with Crippen molar-refractivity contribution in [1.29, 1.82) is 5.26 Å². The van der Waals surface area contributed by atoms with E-state index in [1.54, 1.807) is 0 Å². The number of para-hydroxylation sites is 1. The van der Waals surface area contributed by atoms with Crippen molar-refractivity contribution >= 4 is 10.9 Å². The predicted octanol–water partition coefficient (Wildman–Crippen LogP) is 3.15. The van der Waals surface area contributed by atoms with Crippen LogP contribution in [0.4, 0.5) is 0 Å². The summed E-state index contributed by atoms with van der Waals surface area (Å²) in [6.07, 6.45) is 3.16. The molecule has 2 aromatic heterocycles. The van der Waals surface area contributed by atoms with Gasteiger partial charge in [-0.25, -0.2) is 4.98 Å². The summed E-state index contributed by atoms with van der Waals surface area (Å²) in [5, 5.41) is 13.5. The lowest BCUT2D eigenvalue weighted by atomic mass is 10.1. The zero-order valence-corrected chi connectivity index (χ0v) is 13.5. The number of nitrogens with one attached hydrogen (secondary N) is 2. The summed E-state index contributed by atoms with van der Waals surface area (Å²) in [5.41, 5.74) is 4.26. The van der Waals surface area contributed by atoms with E-state index in [1.807, 2.05) is 43.5 Å². The Kier molecular flexibility index (Phi) is 3.68. The molecule has 3 aromatic rings. The summed E-state index contributed by atoms with van der Waals surface area (Å²) in [6.45, 7) is 3.86. The van der Waals surface area contributed by atoms with Gasteiger partial charge in [0, 0.05) is 23.7 Å². The molecule has 1 saturated heterocycles. The second kappa shape index (κ2) is 5.99. The van der Waals surface area contributed by atoms with Crippen LogP contribution in [-0.2, 0) is 0 Å². The molecule has 24 heavy (non-hydrogen) atoms. The first kappa shape index (κ1) is 14.7. The Morgan fingerprint density at radius 1 is 1.29 bits per heavy atom. The molecule has 0 amide bonds. The Morgan fingerprint density at radius 2 is 2.21 bits per heavy atom. The Balaban J connectivity index is 1.70. The molecular weight excluding hydrogens is 300 g/mol. The summed E-state index contributed by atoms with van der Waals surface area (Å²) in [4.78, 5) is 7.91. The molecule has 0 radical (unpaired) electrons. The average Bonchev–Trinajstić information content (AvgIpc) is 3.26. The van der Waals surface area contributed by atoms with E-state index in [2.05, 4.69) is 16.4 Å². The first-order chi connectivity index (χ1) is 11.8. The first-order valence-electron chi connectivity index (χ1n) is 8.12. The highest BCUT2D eigenvalue weighted by Crippen LogP contribution is 2.31. The van der Waals surface area contributed by atoms with Crippen molar-refractivity contribution in [1.82, 2.24) is 15.3 Å². The largest absolute Gasteiger partial charge is 0.487 e. The number of nitriles is 1. The Morgan fingerprint density at radius 3 is 2.96 bits per heavy atom. The maximum Gasteiger partial charge on any atom is 0.141 e. The molecule has 1 aromatic carbocycles. The van der Waals surface area contributed by atoms with Crippen LogP contribution in [0.5, 0.6) is 5.75 Å². The van der Waals surface area contributed by atoms with Crippen LogP contribution in [0.15, 0.2) is 36.5 Å². The summed E-state index contributed by atoms with van der Waals surface area (Å²) in [6, 6.07) is 11.9. The molecule has 3 heterocycles. The fraction of sp³-hybridized carbons (Fsp3) is 0.263. The Bertz CT molecular complexity index is 932. The molecule has 1 aliphatic rings. The number of aryl methyl sites for hydroxylation is 1. The minimum Gasteiger partial charge on any atom is -0.487 e. The third-order valence-corrected chi connectivity index (χ3v) is 4.46. The van der Waals surface area contributed by atoms with Gasteiger partial charge in [0.05, 0.1) is 22.5 Å². The highest BCUT2D eigenvalue weighted by atomic mass is 16.5. The van der Waals surface area contributed by atoms with Crippen molar-refractivity contribution in [2.24, 2.45) is 0 Å². The zero-order valence-electron chi connectivity index (χ0n) is 13.5. The topological polar surface area (TPSA) is 73.7 Å². The highest BCUT2D eigenvalue weighted by molar-refractivity contribution is 5.97. The predicted molar refractivity (Wildman–Crippen MR) is 92.9 cm³/mol. The normalized spacial score (nSPS) is 17.1. The van der Waals surface area contributed by atoms with Gasteiger partial charge in [-0.2, -0.15) is 5.26 Å². The maximum atomic E-state index is 9.22. The van der Waals surface area contributed by atoms with E-state index in [-0.39, 0.29) is 6.10 Å². The summed E-state index contributed by atoms with van der Waals surface area (Å²) in [7, 11) is 0. The van der Waals surface area contributed by atoms with Crippen molar-refractivity contribution in [3.63, 3.8) is 0 Å². The number of fused-ring (bicyclic) bond motifs is 1. The van der Waals surface area contributed by atoms with Gasteiger partial charge in [0.2, 0.25) is 0 Å². The summed E-state index contributed by atoms with van der Waals surface area (Å²) in [5.74, 6) is 0.838. The van der Waals surface area contributed by atoms with E-state index in [4.69, 9.17) is 9.72 Å². The van der Waals surface area contributed by atoms with Crippen LogP contribution in [0.1, 0.15) is 17.7 Å². The van der Waals surface area contributed by atoms with Gasteiger partial charge in [-0.05, 0) is 38.1 Å². The number of ether oxygens (including phenoxy) is 1. The molecule has 1 atom stereocenters. The minimum absolute atomic E-state index is 0.225. The molecule has 0 spiro atoms. The summed E-state index contributed by atoms with van der Waals surface area (Å²) >= 11 is 0. The highest BCUT2D eigenvalue weighted by Gasteiger charge is 2.18. The van der Waals surface area contributed by atoms with Crippen LogP contribution in [0.3, 0.4) is 0 Å². The second-order valence-electron chi connectivity index (χ2n) is 6.05. The van der Waals surface area contributed by atoms with Gasteiger partial charge in [-0.15, -0.1) is 0 Å². The lowest BCUT2D eigenvalue weighted by molar-refractivity contribution is 0.220. The maximum absolute atomic E-state index is 9.22. The number of aromatic amines is 1. The van der Waals surface area contributed by atoms with Crippen LogP contribution in [0, 0.1) is 18.3 Å². The fourth-order valence-corrected chi connectivity index (χ4v) is 3.19. The molecule has 120 valence electrons. The van der Waals surface area contributed by atoms with Gasteiger partial charge < -0.3 is 15.0 Å². The molecule has 5 nitrogen and oxygen atoms in total. The van der Waals surface area contributed by atoms with E-state index in [9.17, 15) is 5.26 Å². The molecule has 5 heteroatoms. The van der Waals surface area contributed by atoms with E-state index < -0.39 is 0 Å². The fourth-order valence-electron chi connectivity index (χ4n) is 3.19. The van der Waals surface area contributed by atoms with Crippen LogP contribution in [0.25, 0.3) is 22.2 Å². The smallest absolute Gasteiger partial charge is 0.141 e. The standard InChI is InChI=1S/C19H18N4O/c1-12-18(24-14-7-8-21-10-14)6-5-17(23-12)16-11-22-19-13(9-20)3-2-4-15(16)19/h2-6,11,14,21-22H,7-8,10H2,1H3. The number of benzene rings is 1. The molecule has 1 fully saturated rings. The van der Waals surface area contributed by atoms with Crippen LogP contribution in [0.2, 0.25) is 0 Å². The monoisotopic (exact) mass is 318 g/mol. The van der Waals surface area contributed by atoms with Crippen molar-refractivity contribution in [3.05, 3.63) is 47.8 Å². The van der Waals surface area contributed by atoms with Gasteiger partial charge in [-0.1, -0.05) is 12.1 Å². The van der Waals surface area contributed by atoms with Gasteiger partial charge in [0.1, 0.15) is 17.9 Å². The van der Waals surface area contributed by atoms with Crippen molar-refractivity contribution in [2.75, 3.05) is 13.1 Å². The minimum atomic E-state index is 0.225. The number of nitrogens with zero attached hydrogens (tertiary/aromatic N) is 2. The van der Waals surface area contributed by atoms with Gasteiger partial charge in [-0.3, -0.25) is 0 Å². The Hall–Kier alpha value is -2.84. The number of pyridine rings is 1. The third-order valence-electron chi connectivity index (χ3n) is 4.46. The molecule has 0 bridgehead atoms. The van der Waals surface area contributed by atoms with Crippen LogP contribution in [-0.4, -0.2) is 29.2 Å². The molecule has 0 aliphatic carbocycles. The molecule has 0 saturated carbocycles. The molecule has 1 aliphatic heterocycles. The zero-order chi connectivity index (χ0) is 16.5. The van der Waals surface area contributed by atoms with E-state index in [1.165, 1.54) is 0 Å². The number of hydrogen-bond donors (Lipinski definition) is 2. The lowest BCUT2D eigenvalue weighted by Gasteiger charge is -2.14. The van der Waals surface area contributed by atoms with Crippen molar-refractivity contribution < 1.29 is 4.74 Å². The van der Waals surface area contributed by atoms with Crippen molar-refractivity contribution in [2.45, 2.75) is 19.4 Å². The molecular formula is C19H18N4O. The van der Waals surface area contributed by atoms with E-state index in [0.717, 1.165) is 53.1 Å². The number of H-pyrrole nitrogens is 1. The third kappa shape index (κ3) is 2.51. The molecule has 4 rings (SSSR count). The Labute approximate surface area is 140 Å². The van der Waals surface area contributed by atoms with Crippen molar-refractivity contribution in [3.8, 4) is 23.1 Å². The number of rotatable bonds is 3. The van der Waals surface area contributed by atoms with Gasteiger partial charge in [0.15, 0.2) is 0 Å². The lowest BCUT2D eigenvalue weighted by Crippen LogP contribution is -2.20. The quantitative estimate of drug-likeness (QED) is 0.778. The van der Waals surface area contributed by atoms with Gasteiger partial charge in [0.25, 0.3) is 0 Å².